The molecule has 0 aliphatic heterocycles. The molecule has 3 rings (SSSR count). The number of rotatable bonds is 5. The summed E-state index contributed by atoms with van der Waals surface area (Å²) in [5.41, 5.74) is 0. The van der Waals surface area contributed by atoms with Crippen LogP contribution in [0.2, 0.25) is 10.0 Å². The number of benzene rings is 2. The molecule has 0 aliphatic carbocycles. The highest BCUT2D eigenvalue weighted by molar-refractivity contribution is 7.90. The minimum Gasteiger partial charge on any atom is -0.453 e. The van der Waals surface area contributed by atoms with E-state index in [2.05, 4.69) is 0 Å². The predicted octanol–water partition coefficient (Wildman–Crippen LogP) is 4.78. The molecular formula is C18H12Cl2O5S. The van der Waals surface area contributed by atoms with Gasteiger partial charge in [-0.15, -0.1) is 0 Å². The van der Waals surface area contributed by atoms with E-state index in [0.29, 0.717) is 0 Å². The monoisotopic (exact) mass is 410 g/mol. The Hall–Kier alpha value is -2.28. The van der Waals surface area contributed by atoms with E-state index >= 15 is 0 Å². The number of carbonyl (C=O) groups excluding carboxylic acids is 1. The van der Waals surface area contributed by atoms with Crippen molar-refractivity contribution in [3.8, 4) is 5.75 Å². The molecule has 0 atom stereocenters. The fourth-order valence-electron chi connectivity index (χ4n) is 2.18. The zero-order valence-electron chi connectivity index (χ0n) is 13.2. The van der Waals surface area contributed by atoms with Gasteiger partial charge in [0.15, 0.2) is 15.6 Å². The minimum atomic E-state index is -3.58. The van der Waals surface area contributed by atoms with Crippen molar-refractivity contribution < 1.29 is 22.4 Å². The first-order valence-corrected chi connectivity index (χ1v) is 9.80. The van der Waals surface area contributed by atoms with Crippen LogP contribution in [0, 0.1) is 0 Å². The quantitative estimate of drug-likeness (QED) is 0.446. The van der Waals surface area contributed by atoms with Crippen LogP contribution in [0.25, 0.3) is 0 Å². The van der Waals surface area contributed by atoms with Crippen LogP contribution >= 0.6 is 23.2 Å². The standard InChI is InChI=1S/C18H12Cl2O5S/c19-14-7-4-8-15(17(14)20)25-18(21)16-10-9-12(24-16)11-26(22,23)13-5-2-1-3-6-13/h1-10H,11H2. The van der Waals surface area contributed by atoms with Crippen LogP contribution in [0.5, 0.6) is 5.75 Å². The van der Waals surface area contributed by atoms with Crippen molar-refractivity contribution in [1.29, 1.82) is 0 Å². The average molecular weight is 411 g/mol. The van der Waals surface area contributed by atoms with Gasteiger partial charge in [0.25, 0.3) is 0 Å². The zero-order chi connectivity index (χ0) is 18.7. The van der Waals surface area contributed by atoms with Crippen LogP contribution in [-0.4, -0.2) is 14.4 Å². The number of ether oxygens (including phenoxy) is 1. The first-order chi connectivity index (χ1) is 12.4. The Balaban J connectivity index is 1.75. The molecule has 0 spiro atoms. The fraction of sp³-hybridized carbons (Fsp3) is 0.0556. The third kappa shape index (κ3) is 4.09. The summed E-state index contributed by atoms with van der Waals surface area (Å²) in [6, 6.07) is 15.4. The smallest absolute Gasteiger partial charge is 0.379 e. The van der Waals surface area contributed by atoms with Gasteiger partial charge in [0, 0.05) is 0 Å². The van der Waals surface area contributed by atoms with Crippen LogP contribution in [0.1, 0.15) is 16.3 Å². The molecule has 0 amide bonds. The van der Waals surface area contributed by atoms with E-state index in [1.54, 1.807) is 30.3 Å². The number of carbonyl (C=O) groups is 1. The molecule has 0 radical (unpaired) electrons. The molecule has 8 heteroatoms. The number of furan rings is 1. The van der Waals surface area contributed by atoms with E-state index < -0.39 is 15.8 Å². The maximum Gasteiger partial charge on any atom is 0.379 e. The Morgan fingerprint density at radius 1 is 0.962 bits per heavy atom. The van der Waals surface area contributed by atoms with Gasteiger partial charge in [-0.05, 0) is 36.4 Å². The summed E-state index contributed by atoms with van der Waals surface area (Å²) < 4.78 is 35.1. The lowest BCUT2D eigenvalue weighted by Gasteiger charge is -2.05. The molecule has 0 unspecified atom stereocenters. The van der Waals surface area contributed by atoms with Crippen LogP contribution in [0.4, 0.5) is 0 Å². The first kappa shape index (κ1) is 18.5. The molecular weight excluding hydrogens is 399 g/mol. The molecule has 0 N–H and O–H groups in total. The van der Waals surface area contributed by atoms with E-state index in [1.807, 2.05) is 0 Å². The molecule has 134 valence electrons. The van der Waals surface area contributed by atoms with Crippen molar-refractivity contribution in [2.24, 2.45) is 0 Å². The maximum absolute atomic E-state index is 12.3. The van der Waals surface area contributed by atoms with E-state index in [1.165, 1.54) is 30.3 Å². The number of hydrogen-bond acceptors (Lipinski definition) is 5. The Labute approximate surface area is 160 Å². The summed E-state index contributed by atoms with van der Waals surface area (Å²) in [7, 11) is -3.58. The highest BCUT2D eigenvalue weighted by atomic mass is 35.5. The molecule has 0 saturated carbocycles. The second-order valence-electron chi connectivity index (χ2n) is 5.28. The van der Waals surface area contributed by atoms with E-state index in [9.17, 15) is 13.2 Å². The first-order valence-electron chi connectivity index (χ1n) is 7.39. The number of halogens is 2. The van der Waals surface area contributed by atoms with Gasteiger partial charge in [0.05, 0.1) is 9.92 Å². The van der Waals surface area contributed by atoms with Gasteiger partial charge in [0.1, 0.15) is 16.5 Å². The van der Waals surface area contributed by atoms with E-state index in [4.69, 9.17) is 32.4 Å². The molecule has 0 fully saturated rings. The molecule has 5 nitrogen and oxygen atoms in total. The Morgan fingerprint density at radius 2 is 1.69 bits per heavy atom. The van der Waals surface area contributed by atoms with Gasteiger partial charge in [-0.25, -0.2) is 13.2 Å². The topological polar surface area (TPSA) is 73.6 Å². The lowest BCUT2D eigenvalue weighted by atomic mass is 10.3. The summed E-state index contributed by atoms with van der Waals surface area (Å²) in [5, 5.41) is 0.340. The van der Waals surface area contributed by atoms with Gasteiger partial charge in [-0.2, -0.15) is 0 Å². The Kier molecular flexibility index (Phi) is 5.36. The number of sulfone groups is 1. The third-order valence-corrected chi connectivity index (χ3v) is 5.87. The average Bonchev–Trinajstić information content (AvgIpc) is 3.07. The molecule has 2 aromatic carbocycles. The van der Waals surface area contributed by atoms with Gasteiger partial charge in [-0.3, -0.25) is 0 Å². The highest BCUT2D eigenvalue weighted by Crippen LogP contribution is 2.32. The maximum atomic E-state index is 12.3. The SMILES string of the molecule is O=C(Oc1cccc(Cl)c1Cl)c1ccc(CS(=O)(=O)c2ccccc2)o1. The molecule has 0 saturated heterocycles. The second kappa shape index (κ2) is 7.53. The van der Waals surface area contributed by atoms with E-state index in [0.717, 1.165) is 0 Å². The Bertz CT molecular complexity index is 1040. The summed E-state index contributed by atoms with van der Waals surface area (Å²) in [4.78, 5) is 12.3. The zero-order valence-corrected chi connectivity index (χ0v) is 15.5. The van der Waals surface area contributed by atoms with Crippen molar-refractivity contribution in [3.63, 3.8) is 0 Å². The van der Waals surface area contributed by atoms with Crippen LogP contribution < -0.4 is 4.74 Å². The molecule has 0 bridgehead atoms. The third-order valence-electron chi connectivity index (χ3n) is 3.42. The molecule has 0 aliphatic rings. The molecule has 1 aromatic heterocycles. The number of hydrogen-bond donors (Lipinski definition) is 0. The highest BCUT2D eigenvalue weighted by Gasteiger charge is 2.20. The molecule has 26 heavy (non-hydrogen) atoms. The van der Waals surface area contributed by atoms with Crippen molar-refractivity contribution in [3.05, 3.63) is 82.2 Å². The normalized spacial score (nSPS) is 11.3. The fourth-order valence-corrected chi connectivity index (χ4v) is 3.78. The summed E-state index contributed by atoms with van der Waals surface area (Å²) in [6.07, 6.45) is 0. The molecule has 3 aromatic rings. The van der Waals surface area contributed by atoms with Gasteiger partial charge in [0.2, 0.25) is 5.76 Å². The van der Waals surface area contributed by atoms with Crippen molar-refractivity contribution >= 4 is 39.0 Å². The lowest BCUT2D eigenvalue weighted by Crippen LogP contribution is -2.08. The van der Waals surface area contributed by atoms with Crippen molar-refractivity contribution in [2.75, 3.05) is 0 Å². The van der Waals surface area contributed by atoms with Crippen molar-refractivity contribution in [2.45, 2.75) is 10.6 Å². The summed E-state index contributed by atoms with van der Waals surface area (Å²) >= 11 is 11.8. The lowest BCUT2D eigenvalue weighted by molar-refractivity contribution is 0.0700. The van der Waals surface area contributed by atoms with E-state index in [-0.39, 0.29) is 38.0 Å². The van der Waals surface area contributed by atoms with Crippen LogP contribution in [0.15, 0.2) is 70.0 Å². The van der Waals surface area contributed by atoms with Crippen LogP contribution in [-0.2, 0) is 15.6 Å². The van der Waals surface area contributed by atoms with Gasteiger partial charge >= 0.3 is 5.97 Å². The van der Waals surface area contributed by atoms with Crippen LogP contribution in [0.3, 0.4) is 0 Å². The summed E-state index contributed by atoms with van der Waals surface area (Å²) in [6.45, 7) is 0. The second-order valence-corrected chi connectivity index (χ2v) is 8.05. The summed E-state index contributed by atoms with van der Waals surface area (Å²) in [5.74, 6) is -1.11. The Morgan fingerprint density at radius 3 is 2.42 bits per heavy atom. The molecule has 1 heterocycles. The number of esters is 1. The van der Waals surface area contributed by atoms with Gasteiger partial charge < -0.3 is 9.15 Å². The minimum absolute atomic E-state index is 0.0824. The van der Waals surface area contributed by atoms with Gasteiger partial charge in [-0.1, -0.05) is 47.5 Å². The predicted molar refractivity (Wildman–Crippen MR) is 97.5 cm³/mol. The largest absolute Gasteiger partial charge is 0.453 e. The van der Waals surface area contributed by atoms with Crippen molar-refractivity contribution in [1.82, 2.24) is 0 Å².